The highest BCUT2D eigenvalue weighted by atomic mass is 16.2. The average Bonchev–Trinajstić information content (AvgIpc) is 3.32. The van der Waals surface area contributed by atoms with Crippen LogP contribution in [0.3, 0.4) is 0 Å². The molecule has 1 aliphatic carbocycles. The second-order valence-corrected chi connectivity index (χ2v) is 7.44. The Bertz CT molecular complexity index is 657. The van der Waals surface area contributed by atoms with Gasteiger partial charge in [0.25, 0.3) is 11.8 Å². The van der Waals surface area contributed by atoms with Gasteiger partial charge in [0.05, 0.1) is 17.7 Å². The van der Waals surface area contributed by atoms with E-state index < -0.39 is 0 Å². The van der Waals surface area contributed by atoms with Crippen molar-refractivity contribution in [2.75, 3.05) is 26.7 Å². The summed E-state index contributed by atoms with van der Waals surface area (Å²) >= 11 is 0. The van der Waals surface area contributed by atoms with Crippen molar-refractivity contribution in [3.8, 4) is 0 Å². The lowest BCUT2D eigenvalue weighted by molar-refractivity contribution is -0.129. The van der Waals surface area contributed by atoms with E-state index in [9.17, 15) is 14.4 Å². The lowest BCUT2D eigenvalue weighted by atomic mass is 9.94. The Morgan fingerprint density at radius 3 is 2.04 bits per heavy atom. The first kappa shape index (κ1) is 19.5. The predicted octanol–water partition coefficient (Wildman–Crippen LogP) is 2.44. The molecule has 0 radical (unpaired) electrons. The fourth-order valence-corrected chi connectivity index (χ4v) is 4.11. The molecule has 0 bridgehead atoms. The summed E-state index contributed by atoms with van der Waals surface area (Å²) in [5.74, 6) is 0.0370. The van der Waals surface area contributed by atoms with Crippen LogP contribution in [0, 0.1) is 0 Å². The van der Waals surface area contributed by atoms with Crippen LogP contribution in [-0.2, 0) is 4.79 Å². The van der Waals surface area contributed by atoms with Gasteiger partial charge in [-0.25, -0.2) is 0 Å². The van der Waals surface area contributed by atoms with E-state index in [1.54, 1.807) is 19.2 Å². The quantitative estimate of drug-likeness (QED) is 0.829. The van der Waals surface area contributed by atoms with Gasteiger partial charge in [0.2, 0.25) is 5.91 Å². The summed E-state index contributed by atoms with van der Waals surface area (Å²) < 4.78 is 0. The Labute approximate surface area is 160 Å². The molecule has 2 heterocycles. The number of imide groups is 1. The Balaban J connectivity index is 0.000000180. The van der Waals surface area contributed by atoms with Gasteiger partial charge < -0.3 is 10.2 Å². The first-order valence-electron chi connectivity index (χ1n) is 10.0. The molecule has 1 N–H and O–H groups in total. The average molecular weight is 371 g/mol. The minimum absolute atomic E-state index is 0.0995. The summed E-state index contributed by atoms with van der Waals surface area (Å²) in [6.45, 7) is 2.40. The number of amides is 3. The molecule has 1 aromatic carbocycles. The molecule has 1 saturated heterocycles. The van der Waals surface area contributed by atoms with E-state index in [4.69, 9.17) is 0 Å². The summed E-state index contributed by atoms with van der Waals surface area (Å²) in [5.41, 5.74) is 1.14. The first-order chi connectivity index (χ1) is 13.1. The number of carbonyl (C=O) groups is 3. The second-order valence-electron chi connectivity index (χ2n) is 7.44. The molecule has 1 aromatic rings. The lowest BCUT2D eigenvalue weighted by Crippen LogP contribution is -2.40. The molecule has 2 aliphatic heterocycles. The molecule has 0 atom stereocenters. The highest BCUT2D eigenvalue weighted by molar-refractivity contribution is 6.21. The molecule has 6 heteroatoms. The van der Waals surface area contributed by atoms with Crippen LogP contribution in [0.15, 0.2) is 24.3 Å². The maximum absolute atomic E-state index is 12.2. The standard InChI is InChI=1S/C14H15NO2.C7H14N2O/c16-13-11-8-4-5-9-12(11)14(17)15(13)10-6-2-1-3-7-10;1-8-6-7(10)9-4-2-3-5-9/h4-5,8-10H,1-3,6-7H2;8H,2-6H2,1H3. The summed E-state index contributed by atoms with van der Waals surface area (Å²) in [6.07, 6.45) is 7.75. The van der Waals surface area contributed by atoms with Crippen molar-refractivity contribution in [3.63, 3.8) is 0 Å². The van der Waals surface area contributed by atoms with Gasteiger partial charge in [-0.05, 0) is 44.9 Å². The van der Waals surface area contributed by atoms with Gasteiger partial charge >= 0.3 is 0 Å². The highest BCUT2D eigenvalue weighted by Crippen LogP contribution is 2.30. The molecule has 1 saturated carbocycles. The smallest absolute Gasteiger partial charge is 0.261 e. The molecule has 6 nitrogen and oxygen atoms in total. The summed E-state index contributed by atoms with van der Waals surface area (Å²) in [7, 11) is 1.80. The van der Waals surface area contributed by atoms with E-state index in [-0.39, 0.29) is 23.8 Å². The molecule has 27 heavy (non-hydrogen) atoms. The number of likely N-dealkylation sites (tertiary alicyclic amines) is 1. The maximum Gasteiger partial charge on any atom is 0.261 e. The summed E-state index contributed by atoms with van der Waals surface area (Å²) in [5, 5.41) is 2.85. The SMILES string of the molecule is CNCC(=O)N1CCCC1.O=C1c2ccccc2C(=O)N1C1CCCCC1. The van der Waals surface area contributed by atoms with Crippen LogP contribution in [0.25, 0.3) is 0 Å². The van der Waals surface area contributed by atoms with Crippen molar-refractivity contribution in [1.82, 2.24) is 15.1 Å². The Morgan fingerprint density at radius 1 is 0.963 bits per heavy atom. The highest BCUT2D eigenvalue weighted by Gasteiger charge is 2.39. The zero-order valence-corrected chi connectivity index (χ0v) is 16.1. The van der Waals surface area contributed by atoms with Gasteiger partial charge in [-0.2, -0.15) is 0 Å². The molecular weight excluding hydrogens is 342 g/mol. The zero-order chi connectivity index (χ0) is 19.2. The molecule has 0 unspecified atom stereocenters. The number of carbonyl (C=O) groups excluding carboxylic acids is 3. The summed E-state index contributed by atoms with van der Waals surface area (Å²) in [6, 6.07) is 7.25. The molecule has 0 spiro atoms. The van der Waals surface area contributed by atoms with Crippen LogP contribution in [-0.4, -0.2) is 60.2 Å². The van der Waals surface area contributed by atoms with E-state index in [0.29, 0.717) is 17.7 Å². The van der Waals surface area contributed by atoms with E-state index in [0.717, 1.165) is 38.8 Å². The molecule has 2 fully saturated rings. The largest absolute Gasteiger partial charge is 0.342 e. The predicted molar refractivity (Wildman–Crippen MR) is 104 cm³/mol. The third-order valence-electron chi connectivity index (χ3n) is 5.55. The fraction of sp³-hybridized carbons (Fsp3) is 0.571. The van der Waals surface area contributed by atoms with Crippen molar-refractivity contribution in [2.45, 2.75) is 51.0 Å². The van der Waals surface area contributed by atoms with Gasteiger partial charge in [-0.15, -0.1) is 0 Å². The Hall–Kier alpha value is -2.21. The minimum Gasteiger partial charge on any atom is -0.342 e. The van der Waals surface area contributed by atoms with Crippen LogP contribution >= 0.6 is 0 Å². The van der Waals surface area contributed by atoms with Gasteiger partial charge in [0.1, 0.15) is 0 Å². The normalized spacial score (nSPS) is 19.7. The number of nitrogens with one attached hydrogen (secondary N) is 1. The van der Waals surface area contributed by atoms with Crippen LogP contribution in [0.1, 0.15) is 65.7 Å². The second kappa shape index (κ2) is 9.13. The molecule has 3 amide bonds. The van der Waals surface area contributed by atoms with Crippen LogP contribution in [0.5, 0.6) is 0 Å². The molecule has 3 aliphatic rings. The minimum atomic E-state index is -0.0995. The van der Waals surface area contributed by atoms with Gasteiger partial charge in [0, 0.05) is 19.1 Å². The lowest BCUT2D eigenvalue weighted by Gasteiger charge is -2.29. The van der Waals surface area contributed by atoms with Crippen molar-refractivity contribution < 1.29 is 14.4 Å². The van der Waals surface area contributed by atoms with Crippen molar-refractivity contribution in [3.05, 3.63) is 35.4 Å². The third-order valence-corrected chi connectivity index (χ3v) is 5.55. The van der Waals surface area contributed by atoms with Gasteiger partial charge in [-0.1, -0.05) is 31.4 Å². The van der Waals surface area contributed by atoms with Gasteiger partial charge in [-0.3, -0.25) is 19.3 Å². The van der Waals surface area contributed by atoms with E-state index in [1.807, 2.05) is 17.0 Å². The first-order valence-corrected chi connectivity index (χ1v) is 10.0. The van der Waals surface area contributed by atoms with Crippen LogP contribution < -0.4 is 5.32 Å². The summed E-state index contributed by atoms with van der Waals surface area (Å²) in [4.78, 5) is 38.9. The number of rotatable bonds is 3. The topological polar surface area (TPSA) is 69.7 Å². The number of fused-ring (bicyclic) bond motifs is 1. The number of benzene rings is 1. The van der Waals surface area contributed by atoms with E-state index >= 15 is 0 Å². The molecule has 4 rings (SSSR count). The monoisotopic (exact) mass is 371 g/mol. The van der Waals surface area contributed by atoms with Crippen molar-refractivity contribution in [2.24, 2.45) is 0 Å². The van der Waals surface area contributed by atoms with Crippen LogP contribution in [0.4, 0.5) is 0 Å². The third kappa shape index (κ3) is 4.38. The van der Waals surface area contributed by atoms with Crippen LogP contribution in [0.2, 0.25) is 0 Å². The van der Waals surface area contributed by atoms with Gasteiger partial charge in [0.15, 0.2) is 0 Å². The van der Waals surface area contributed by atoms with E-state index in [2.05, 4.69) is 5.32 Å². The Kier molecular flexibility index (Phi) is 6.61. The molecular formula is C21H29N3O3. The zero-order valence-electron chi connectivity index (χ0n) is 16.1. The van der Waals surface area contributed by atoms with Crippen molar-refractivity contribution >= 4 is 17.7 Å². The number of hydrogen-bond acceptors (Lipinski definition) is 4. The Morgan fingerprint density at radius 2 is 1.52 bits per heavy atom. The van der Waals surface area contributed by atoms with Crippen molar-refractivity contribution in [1.29, 1.82) is 0 Å². The number of likely N-dealkylation sites (N-methyl/N-ethyl adjacent to an activating group) is 1. The molecule has 146 valence electrons. The number of nitrogens with zero attached hydrogens (tertiary/aromatic N) is 2. The van der Waals surface area contributed by atoms with E-state index in [1.165, 1.54) is 24.2 Å². The maximum atomic E-state index is 12.2. The molecule has 0 aromatic heterocycles. The fourth-order valence-electron chi connectivity index (χ4n) is 4.11. The number of hydrogen-bond donors (Lipinski definition) is 1.